The highest BCUT2D eigenvalue weighted by molar-refractivity contribution is 9.10. The van der Waals surface area contributed by atoms with Crippen molar-refractivity contribution in [2.75, 3.05) is 7.11 Å². The summed E-state index contributed by atoms with van der Waals surface area (Å²) in [6.07, 6.45) is 0. The quantitative estimate of drug-likeness (QED) is 0.596. The highest BCUT2D eigenvalue weighted by Crippen LogP contribution is 2.30. The van der Waals surface area contributed by atoms with E-state index < -0.39 is 11.8 Å². The third kappa shape index (κ3) is 2.25. The maximum absolute atomic E-state index is 13.2. The van der Waals surface area contributed by atoms with E-state index in [1.807, 2.05) is 0 Å². The molecule has 0 fully saturated rings. The van der Waals surface area contributed by atoms with Crippen LogP contribution in [-0.4, -0.2) is 18.1 Å². The Balaban J connectivity index is 2.77. The van der Waals surface area contributed by atoms with Crippen LogP contribution in [0, 0.1) is 5.82 Å². The molecule has 3 nitrogen and oxygen atoms in total. The summed E-state index contributed by atoms with van der Waals surface area (Å²) < 4.78 is 18.3. The van der Waals surface area contributed by atoms with Crippen molar-refractivity contribution in [3.63, 3.8) is 0 Å². The molecule has 0 amide bonds. The zero-order chi connectivity index (χ0) is 12.6. The number of fused-ring (bicyclic) bond motifs is 1. The second-order valence-electron chi connectivity index (χ2n) is 3.27. The van der Waals surface area contributed by atoms with E-state index in [-0.39, 0.29) is 10.8 Å². The molecule has 0 aliphatic carbocycles. The minimum atomic E-state index is -0.593. The van der Waals surface area contributed by atoms with Crippen LogP contribution in [0.3, 0.4) is 0 Å². The molecule has 1 aromatic carbocycles. The van der Waals surface area contributed by atoms with Crippen LogP contribution in [0.5, 0.6) is 0 Å². The molecule has 1 aromatic heterocycles. The van der Waals surface area contributed by atoms with Crippen LogP contribution in [0.4, 0.5) is 4.39 Å². The molecule has 0 saturated carbocycles. The lowest BCUT2D eigenvalue weighted by Gasteiger charge is -2.05. The predicted molar refractivity (Wildman–Crippen MR) is 65.8 cm³/mol. The SMILES string of the molecule is COC(=O)c1cc2c(Br)cc(F)cc2c(Cl)n1. The lowest BCUT2D eigenvalue weighted by Crippen LogP contribution is -2.04. The van der Waals surface area contributed by atoms with E-state index in [0.29, 0.717) is 15.2 Å². The Kier molecular flexibility index (Phi) is 3.31. The molecule has 2 rings (SSSR count). The third-order valence-electron chi connectivity index (χ3n) is 2.21. The van der Waals surface area contributed by atoms with Gasteiger partial charge in [0.2, 0.25) is 0 Å². The third-order valence-corrected chi connectivity index (χ3v) is 3.15. The van der Waals surface area contributed by atoms with Crippen molar-refractivity contribution in [2.45, 2.75) is 0 Å². The first-order valence-electron chi connectivity index (χ1n) is 4.56. The van der Waals surface area contributed by atoms with Gasteiger partial charge in [-0.15, -0.1) is 0 Å². The normalized spacial score (nSPS) is 10.6. The molecule has 0 bridgehead atoms. The summed E-state index contributed by atoms with van der Waals surface area (Å²) in [4.78, 5) is 15.2. The van der Waals surface area contributed by atoms with E-state index in [0.717, 1.165) is 0 Å². The maximum Gasteiger partial charge on any atom is 0.356 e. The van der Waals surface area contributed by atoms with Crippen LogP contribution in [-0.2, 0) is 4.74 Å². The average molecular weight is 319 g/mol. The Bertz CT molecular complexity index is 618. The molecule has 0 radical (unpaired) electrons. The molecule has 2 aromatic rings. The molecule has 0 aliphatic rings. The second kappa shape index (κ2) is 4.58. The predicted octanol–water partition coefficient (Wildman–Crippen LogP) is 3.58. The van der Waals surface area contributed by atoms with Crippen LogP contribution in [0.1, 0.15) is 10.5 Å². The second-order valence-corrected chi connectivity index (χ2v) is 4.48. The monoisotopic (exact) mass is 317 g/mol. The summed E-state index contributed by atoms with van der Waals surface area (Å²) in [7, 11) is 1.25. The first kappa shape index (κ1) is 12.3. The number of methoxy groups -OCH3 is 1. The smallest absolute Gasteiger partial charge is 0.356 e. The fourth-order valence-electron chi connectivity index (χ4n) is 1.45. The fraction of sp³-hybridized carbons (Fsp3) is 0.0909. The standard InChI is InChI=1S/C11H6BrClFNO2/c1-17-11(16)9-4-6-7(10(13)15-9)2-5(14)3-8(6)12/h2-4H,1H3. The first-order valence-corrected chi connectivity index (χ1v) is 5.73. The van der Waals surface area contributed by atoms with E-state index in [4.69, 9.17) is 11.6 Å². The Labute approximate surface area is 110 Å². The van der Waals surface area contributed by atoms with Gasteiger partial charge in [0, 0.05) is 15.2 Å². The largest absolute Gasteiger partial charge is 0.464 e. The summed E-state index contributed by atoms with van der Waals surface area (Å²) in [5, 5.41) is 1.10. The molecular weight excluding hydrogens is 312 g/mol. The van der Waals surface area contributed by atoms with Crippen molar-refractivity contribution in [1.29, 1.82) is 0 Å². The molecular formula is C11H6BrClFNO2. The lowest BCUT2D eigenvalue weighted by molar-refractivity contribution is 0.0594. The number of ether oxygens (including phenoxy) is 1. The van der Waals surface area contributed by atoms with Gasteiger partial charge in [-0.1, -0.05) is 27.5 Å². The van der Waals surface area contributed by atoms with E-state index in [1.165, 1.54) is 25.3 Å². The number of hydrogen-bond donors (Lipinski definition) is 0. The highest BCUT2D eigenvalue weighted by atomic mass is 79.9. The minimum Gasteiger partial charge on any atom is -0.464 e. The van der Waals surface area contributed by atoms with Crippen molar-refractivity contribution in [3.05, 3.63) is 39.3 Å². The maximum atomic E-state index is 13.2. The van der Waals surface area contributed by atoms with Gasteiger partial charge < -0.3 is 4.74 Å². The van der Waals surface area contributed by atoms with Gasteiger partial charge >= 0.3 is 5.97 Å². The molecule has 6 heteroatoms. The van der Waals surface area contributed by atoms with E-state index in [2.05, 4.69) is 25.7 Å². The van der Waals surface area contributed by atoms with Gasteiger partial charge in [0.05, 0.1) is 7.11 Å². The van der Waals surface area contributed by atoms with Crippen molar-refractivity contribution >= 4 is 44.3 Å². The van der Waals surface area contributed by atoms with Crippen LogP contribution in [0.2, 0.25) is 5.15 Å². The minimum absolute atomic E-state index is 0.0584. The number of halogens is 3. The fourth-order valence-corrected chi connectivity index (χ4v) is 2.24. The van der Waals surface area contributed by atoms with Crippen LogP contribution in [0.15, 0.2) is 22.7 Å². The number of nitrogens with zero attached hydrogens (tertiary/aromatic N) is 1. The van der Waals surface area contributed by atoms with Gasteiger partial charge in [-0.05, 0) is 18.2 Å². The number of benzene rings is 1. The van der Waals surface area contributed by atoms with Crippen molar-refractivity contribution < 1.29 is 13.9 Å². The number of esters is 1. The number of hydrogen-bond acceptors (Lipinski definition) is 3. The summed E-state index contributed by atoms with van der Waals surface area (Å²) in [6, 6.07) is 4.05. The number of carbonyl (C=O) groups is 1. The highest BCUT2D eigenvalue weighted by Gasteiger charge is 2.13. The molecule has 0 N–H and O–H groups in total. The number of pyridine rings is 1. The zero-order valence-electron chi connectivity index (χ0n) is 8.63. The van der Waals surface area contributed by atoms with Gasteiger partial charge in [-0.25, -0.2) is 14.2 Å². The molecule has 88 valence electrons. The molecule has 17 heavy (non-hydrogen) atoms. The van der Waals surface area contributed by atoms with Gasteiger partial charge in [-0.3, -0.25) is 0 Å². The molecule has 0 saturated heterocycles. The summed E-state index contributed by atoms with van der Waals surface area (Å²) >= 11 is 9.11. The van der Waals surface area contributed by atoms with E-state index >= 15 is 0 Å². The van der Waals surface area contributed by atoms with Crippen molar-refractivity contribution in [1.82, 2.24) is 4.98 Å². The van der Waals surface area contributed by atoms with Crippen molar-refractivity contribution in [2.24, 2.45) is 0 Å². The van der Waals surface area contributed by atoms with Gasteiger partial charge in [-0.2, -0.15) is 0 Å². The van der Waals surface area contributed by atoms with Gasteiger partial charge in [0.15, 0.2) is 5.69 Å². The first-order chi connectivity index (χ1) is 8.02. The van der Waals surface area contributed by atoms with Crippen molar-refractivity contribution in [3.8, 4) is 0 Å². The topological polar surface area (TPSA) is 39.2 Å². The van der Waals surface area contributed by atoms with Crippen LogP contribution < -0.4 is 0 Å². The summed E-state index contributed by atoms with van der Waals surface area (Å²) in [5.41, 5.74) is 0.0808. The number of aromatic nitrogens is 1. The molecule has 0 atom stereocenters. The van der Waals surface area contributed by atoms with E-state index in [1.54, 1.807) is 0 Å². The Morgan fingerprint density at radius 3 is 2.76 bits per heavy atom. The lowest BCUT2D eigenvalue weighted by atomic mass is 10.1. The summed E-state index contributed by atoms with van der Waals surface area (Å²) in [5.74, 6) is -1.02. The molecule has 1 heterocycles. The van der Waals surface area contributed by atoms with Gasteiger partial charge in [0.25, 0.3) is 0 Å². The van der Waals surface area contributed by atoms with Gasteiger partial charge in [0.1, 0.15) is 11.0 Å². The molecule has 0 unspecified atom stereocenters. The zero-order valence-corrected chi connectivity index (χ0v) is 11.0. The number of carbonyl (C=O) groups excluding carboxylic acids is 1. The average Bonchev–Trinajstić information content (AvgIpc) is 2.29. The molecule has 0 spiro atoms. The molecule has 0 aliphatic heterocycles. The van der Waals surface area contributed by atoms with Crippen LogP contribution in [0.25, 0.3) is 10.8 Å². The number of rotatable bonds is 1. The Hall–Kier alpha value is -1.20. The summed E-state index contributed by atoms with van der Waals surface area (Å²) in [6.45, 7) is 0. The Morgan fingerprint density at radius 2 is 2.12 bits per heavy atom. The van der Waals surface area contributed by atoms with E-state index in [9.17, 15) is 9.18 Å². The Morgan fingerprint density at radius 1 is 1.41 bits per heavy atom. The van der Waals surface area contributed by atoms with Crippen LogP contribution >= 0.6 is 27.5 Å².